The smallest absolute Gasteiger partial charge is 0.160 e. The van der Waals surface area contributed by atoms with Crippen molar-refractivity contribution in [2.24, 2.45) is 5.92 Å². The van der Waals surface area contributed by atoms with Gasteiger partial charge in [-0.05, 0) is 18.9 Å². The predicted octanol–water partition coefficient (Wildman–Crippen LogP) is 1.94. The fourth-order valence-electron chi connectivity index (χ4n) is 0.358. The van der Waals surface area contributed by atoms with E-state index in [2.05, 4.69) is 5.73 Å². The van der Waals surface area contributed by atoms with Crippen LogP contribution in [0.25, 0.3) is 0 Å². The summed E-state index contributed by atoms with van der Waals surface area (Å²) in [6.45, 7) is 5.60. The molecule has 9 heavy (non-hydrogen) atoms. The highest BCUT2D eigenvalue weighted by Gasteiger charge is 1.80. The molecule has 0 aliphatic heterocycles. The van der Waals surface area contributed by atoms with Crippen molar-refractivity contribution in [2.45, 2.75) is 20.8 Å². The maximum atomic E-state index is 10.3. The SMILES string of the molecule is CC(=O)C=C=CC(C)C. The third-order valence-electron chi connectivity index (χ3n) is 0.716. The van der Waals surface area contributed by atoms with Crippen LogP contribution in [0.3, 0.4) is 0 Å². The lowest BCUT2D eigenvalue weighted by Gasteiger charge is -1.85. The largest absolute Gasteiger partial charge is 0.294 e. The number of hydrogen-bond donors (Lipinski definition) is 0. The van der Waals surface area contributed by atoms with Crippen LogP contribution in [0.5, 0.6) is 0 Å². The molecule has 1 heteroatoms. The lowest BCUT2D eigenvalue weighted by molar-refractivity contribution is -0.112. The van der Waals surface area contributed by atoms with Crippen LogP contribution in [0.4, 0.5) is 0 Å². The van der Waals surface area contributed by atoms with Crippen molar-refractivity contribution in [3.8, 4) is 0 Å². The van der Waals surface area contributed by atoms with Gasteiger partial charge in [0.15, 0.2) is 5.78 Å². The van der Waals surface area contributed by atoms with Gasteiger partial charge in [0, 0.05) is 6.08 Å². The van der Waals surface area contributed by atoms with Gasteiger partial charge in [0.1, 0.15) is 0 Å². The zero-order valence-electron chi connectivity index (χ0n) is 6.14. The second-order valence-corrected chi connectivity index (χ2v) is 2.33. The third kappa shape index (κ3) is 7.19. The third-order valence-corrected chi connectivity index (χ3v) is 0.716. The summed E-state index contributed by atoms with van der Waals surface area (Å²) in [6.07, 6.45) is 3.31. The molecule has 0 rings (SSSR count). The Hall–Kier alpha value is -0.810. The molecule has 1 nitrogen and oxygen atoms in total. The van der Waals surface area contributed by atoms with E-state index in [1.54, 1.807) is 0 Å². The van der Waals surface area contributed by atoms with Gasteiger partial charge >= 0.3 is 0 Å². The summed E-state index contributed by atoms with van der Waals surface area (Å²) >= 11 is 0. The highest BCUT2D eigenvalue weighted by molar-refractivity contribution is 5.86. The molecule has 50 valence electrons. The van der Waals surface area contributed by atoms with Crippen molar-refractivity contribution in [2.75, 3.05) is 0 Å². The number of hydrogen-bond acceptors (Lipinski definition) is 1. The molecule has 0 saturated carbocycles. The van der Waals surface area contributed by atoms with Crippen molar-refractivity contribution in [1.82, 2.24) is 0 Å². The Kier molecular flexibility index (Phi) is 3.74. The summed E-state index contributed by atoms with van der Waals surface area (Å²) < 4.78 is 0. The van der Waals surface area contributed by atoms with Gasteiger partial charge in [-0.25, -0.2) is 0 Å². The van der Waals surface area contributed by atoms with Crippen LogP contribution in [0.1, 0.15) is 20.8 Å². The Bertz CT molecular complexity index is 148. The molecule has 0 aromatic heterocycles. The molecule has 0 spiro atoms. The maximum absolute atomic E-state index is 10.3. The standard InChI is InChI=1S/C8H12O/c1-7(2)5-4-6-8(3)9/h5-7H,1-3H3. The van der Waals surface area contributed by atoms with Gasteiger partial charge in [-0.2, -0.15) is 0 Å². The number of allylic oxidation sites excluding steroid dienone is 1. The highest BCUT2D eigenvalue weighted by atomic mass is 16.1. The molecule has 0 amide bonds. The normalized spacial score (nSPS) is 8.44. The molecule has 0 unspecified atom stereocenters. The minimum atomic E-state index is 0.0481. The topological polar surface area (TPSA) is 17.1 Å². The number of carbonyl (C=O) groups excluding carboxylic acids is 1. The van der Waals surface area contributed by atoms with E-state index < -0.39 is 0 Å². The first kappa shape index (κ1) is 8.19. The van der Waals surface area contributed by atoms with Crippen LogP contribution in [0.2, 0.25) is 0 Å². The van der Waals surface area contributed by atoms with E-state index in [0.717, 1.165) is 0 Å². The minimum absolute atomic E-state index is 0.0481. The fourth-order valence-corrected chi connectivity index (χ4v) is 0.358. The van der Waals surface area contributed by atoms with E-state index in [1.807, 2.05) is 19.9 Å². The Morgan fingerprint density at radius 1 is 1.56 bits per heavy atom. The molecule has 0 bridgehead atoms. The molecule has 0 atom stereocenters. The molecule has 0 heterocycles. The summed E-state index contributed by atoms with van der Waals surface area (Å²) in [7, 11) is 0. The van der Waals surface area contributed by atoms with Gasteiger partial charge in [-0.15, -0.1) is 5.73 Å². The first-order valence-corrected chi connectivity index (χ1v) is 3.06. The number of carbonyl (C=O) groups is 1. The van der Waals surface area contributed by atoms with E-state index >= 15 is 0 Å². The van der Waals surface area contributed by atoms with Crippen LogP contribution in [-0.2, 0) is 4.79 Å². The minimum Gasteiger partial charge on any atom is -0.294 e. The van der Waals surface area contributed by atoms with Gasteiger partial charge in [0.25, 0.3) is 0 Å². The Morgan fingerprint density at radius 3 is 2.44 bits per heavy atom. The molecule has 0 aromatic rings. The molecule has 0 N–H and O–H groups in total. The number of ketones is 1. The van der Waals surface area contributed by atoms with E-state index in [-0.39, 0.29) is 5.78 Å². The fraction of sp³-hybridized carbons (Fsp3) is 0.500. The van der Waals surface area contributed by atoms with E-state index in [4.69, 9.17) is 0 Å². The Balaban J connectivity index is 3.82. The van der Waals surface area contributed by atoms with E-state index in [9.17, 15) is 4.79 Å². The summed E-state index contributed by atoms with van der Waals surface area (Å²) in [5.41, 5.74) is 2.78. The molecular weight excluding hydrogens is 112 g/mol. The summed E-state index contributed by atoms with van der Waals surface area (Å²) in [5, 5.41) is 0. The second kappa shape index (κ2) is 4.11. The van der Waals surface area contributed by atoms with Crippen LogP contribution < -0.4 is 0 Å². The lowest BCUT2D eigenvalue weighted by atomic mass is 10.2. The molecular formula is C8H12O. The first-order valence-electron chi connectivity index (χ1n) is 3.06. The lowest BCUT2D eigenvalue weighted by Crippen LogP contribution is -1.78. The van der Waals surface area contributed by atoms with Crippen LogP contribution >= 0.6 is 0 Å². The Labute approximate surface area is 56.1 Å². The molecule has 0 aromatic carbocycles. The predicted molar refractivity (Wildman–Crippen MR) is 38.2 cm³/mol. The van der Waals surface area contributed by atoms with Gasteiger partial charge in [-0.3, -0.25) is 4.79 Å². The van der Waals surface area contributed by atoms with Gasteiger partial charge in [0.05, 0.1) is 0 Å². The molecule has 0 radical (unpaired) electrons. The quantitative estimate of drug-likeness (QED) is 0.406. The van der Waals surface area contributed by atoms with Crippen molar-refractivity contribution < 1.29 is 4.79 Å². The second-order valence-electron chi connectivity index (χ2n) is 2.33. The zero-order valence-corrected chi connectivity index (χ0v) is 6.14. The van der Waals surface area contributed by atoms with E-state index in [0.29, 0.717) is 5.92 Å². The average molecular weight is 124 g/mol. The molecule has 0 fully saturated rings. The van der Waals surface area contributed by atoms with Crippen molar-refractivity contribution in [1.29, 1.82) is 0 Å². The zero-order chi connectivity index (χ0) is 7.28. The summed E-state index contributed by atoms with van der Waals surface area (Å²) in [4.78, 5) is 10.3. The van der Waals surface area contributed by atoms with Gasteiger partial charge < -0.3 is 0 Å². The number of rotatable bonds is 2. The van der Waals surface area contributed by atoms with Crippen LogP contribution in [0, 0.1) is 5.92 Å². The summed E-state index contributed by atoms with van der Waals surface area (Å²) in [6, 6.07) is 0. The van der Waals surface area contributed by atoms with Crippen molar-refractivity contribution >= 4 is 5.78 Å². The van der Waals surface area contributed by atoms with Crippen LogP contribution in [-0.4, -0.2) is 5.78 Å². The van der Waals surface area contributed by atoms with Crippen molar-refractivity contribution in [3.05, 3.63) is 17.9 Å². The average Bonchev–Trinajstić information content (AvgIpc) is 1.63. The van der Waals surface area contributed by atoms with E-state index in [1.165, 1.54) is 13.0 Å². The first-order chi connectivity index (χ1) is 4.13. The Morgan fingerprint density at radius 2 is 2.11 bits per heavy atom. The monoisotopic (exact) mass is 124 g/mol. The van der Waals surface area contributed by atoms with Gasteiger partial charge in [-0.1, -0.05) is 13.8 Å². The highest BCUT2D eigenvalue weighted by Crippen LogP contribution is 1.90. The van der Waals surface area contributed by atoms with Gasteiger partial charge in [0.2, 0.25) is 0 Å². The molecule has 0 aliphatic rings. The molecule has 0 saturated heterocycles. The molecule has 0 aliphatic carbocycles. The van der Waals surface area contributed by atoms with Crippen molar-refractivity contribution in [3.63, 3.8) is 0 Å². The summed E-state index contributed by atoms with van der Waals surface area (Å²) in [5.74, 6) is 0.521. The maximum Gasteiger partial charge on any atom is 0.160 e. The van der Waals surface area contributed by atoms with Crippen LogP contribution in [0.15, 0.2) is 17.9 Å².